The highest BCUT2D eigenvalue weighted by molar-refractivity contribution is 7.90. The molecule has 118 valence electrons. The van der Waals surface area contributed by atoms with Crippen molar-refractivity contribution in [2.75, 3.05) is 16.9 Å². The number of aromatic nitrogens is 3. The molecule has 1 aromatic carbocycles. The summed E-state index contributed by atoms with van der Waals surface area (Å²) in [5.74, 6) is 0.311. The summed E-state index contributed by atoms with van der Waals surface area (Å²) in [4.78, 5) is 24.1. The summed E-state index contributed by atoms with van der Waals surface area (Å²) in [5, 5.41) is 5.45. The molecule has 0 fully saturated rings. The van der Waals surface area contributed by atoms with Gasteiger partial charge in [0.25, 0.3) is 0 Å². The van der Waals surface area contributed by atoms with Gasteiger partial charge in [-0.25, -0.2) is 23.2 Å². The molecule has 8 nitrogen and oxygen atoms in total. The van der Waals surface area contributed by atoms with Crippen LogP contribution in [0.2, 0.25) is 0 Å². The minimum absolute atomic E-state index is 0.212. The van der Waals surface area contributed by atoms with Gasteiger partial charge in [-0.15, -0.1) is 0 Å². The lowest BCUT2D eigenvalue weighted by molar-refractivity contribution is 0.262. The number of benzene rings is 1. The molecule has 2 aromatic heterocycles. The summed E-state index contributed by atoms with van der Waals surface area (Å²) in [7, 11) is -3.28. The molecule has 0 saturated carbocycles. The van der Waals surface area contributed by atoms with Gasteiger partial charge in [0.15, 0.2) is 20.8 Å². The first-order chi connectivity index (χ1) is 10.9. The molecule has 0 bridgehead atoms. The zero-order valence-electron chi connectivity index (χ0n) is 11.8. The Morgan fingerprint density at radius 3 is 2.74 bits per heavy atom. The van der Waals surface area contributed by atoms with E-state index in [1.807, 2.05) is 0 Å². The van der Waals surface area contributed by atoms with Crippen LogP contribution in [0, 0.1) is 0 Å². The molecule has 0 aliphatic heterocycles. The van der Waals surface area contributed by atoms with Gasteiger partial charge in [0.05, 0.1) is 21.3 Å². The van der Waals surface area contributed by atoms with E-state index in [2.05, 4.69) is 25.6 Å². The van der Waals surface area contributed by atoms with Crippen LogP contribution in [0.1, 0.15) is 0 Å². The SMILES string of the molecule is CS(=O)(=O)c1ccc2nc(NC(=O)Nc3cnccn3)sc2c1. The van der Waals surface area contributed by atoms with E-state index in [9.17, 15) is 13.2 Å². The monoisotopic (exact) mass is 349 g/mol. The van der Waals surface area contributed by atoms with E-state index in [0.29, 0.717) is 21.2 Å². The number of sulfone groups is 1. The third kappa shape index (κ3) is 3.60. The molecule has 0 spiro atoms. The second-order valence-electron chi connectivity index (χ2n) is 4.59. The lowest BCUT2D eigenvalue weighted by Gasteiger charge is -2.02. The number of nitrogens with zero attached hydrogens (tertiary/aromatic N) is 3. The summed E-state index contributed by atoms with van der Waals surface area (Å²) in [6.45, 7) is 0. The molecule has 0 aliphatic rings. The van der Waals surface area contributed by atoms with E-state index in [-0.39, 0.29) is 4.90 Å². The lowest BCUT2D eigenvalue weighted by atomic mass is 10.3. The average molecular weight is 349 g/mol. The highest BCUT2D eigenvalue weighted by atomic mass is 32.2. The van der Waals surface area contributed by atoms with Gasteiger partial charge >= 0.3 is 6.03 Å². The predicted molar refractivity (Wildman–Crippen MR) is 87.4 cm³/mol. The zero-order chi connectivity index (χ0) is 16.4. The van der Waals surface area contributed by atoms with Gasteiger partial charge in [-0.1, -0.05) is 11.3 Å². The molecule has 2 N–H and O–H groups in total. The summed E-state index contributed by atoms with van der Waals surface area (Å²) in [5.41, 5.74) is 0.609. The molecule has 23 heavy (non-hydrogen) atoms. The Morgan fingerprint density at radius 2 is 2.04 bits per heavy atom. The van der Waals surface area contributed by atoms with Crippen molar-refractivity contribution in [3.63, 3.8) is 0 Å². The lowest BCUT2D eigenvalue weighted by Crippen LogP contribution is -2.19. The number of thiazole rings is 1. The number of urea groups is 1. The first-order valence-corrected chi connectivity index (χ1v) is 9.07. The fourth-order valence-corrected chi connectivity index (χ4v) is 3.42. The molecular weight excluding hydrogens is 338 g/mol. The Balaban J connectivity index is 1.79. The molecule has 0 radical (unpaired) electrons. The Bertz CT molecular complexity index is 970. The Hall–Kier alpha value is -2.59. The van der Waals surface area contributed by atoms with Crippen molar-refractivity contribution in [3.05, 3.63) is 36.8 Å². The Labute approximate surface area is 135 Å². The summed E-state index contributed by atoms with van der Waals surface area (Å²) >= 11 is 1.18. The predicted octanol–water partition coefficient (Wildman–Crippen LogP) is 2.13. The van der Waals surface area contributed by atoms with Crippen LogP contribution < -0.4 is 10.6 Å². The second-order valence-corrected chi connectivity index (χ2v) is 7.64. The Morgan fingerprint density at radius 1 is 1.22 bits per heavy atom. The second kappa shape index (κ2) is 5.89. The summed E-state index contributed by atoms with van der Waals surface area (Å²) in [6, 6.07) is 4.12. The van der Waals surface area contributed by atoms with E-state index in [1.165, 1.54) is 42.1 Å². The fourth-order valence-electron chi connectivity index (χ4n) is 1.80. The third-order valence-corrected chi connectivity index (χ3v) is 4.86. The van der Waals surface area contributed by atoms with Gasteiger partial charge in [-0.2, -0.15) is 0 Å². The molecule has 2 amide bonds. The minimum atomic E-state index is -3.28. The van der Waals surface area contributed by atoms with Crippen LogP contribution >= 0.6 is 11.3 Å². The number of amides is 2. The first-order valence-electron chi connectivity index (χ1n) is 6.36. The molecule has 0 saturated heterocycles. The third-order valence-electron chi connectivity index (χ3n) is 2.81. The van der Waals surface area contributed by atoms with E-state index >= 15 is 0 Å². The Kier molecular flexibility index (Phi) is 3.92. The molecule has 10 heteroatoms. The van der Waals surface area contributed by atoms with Crippen LogP contribution in [0.25, 0.3) is 10.2 Å². The van der Waals surface area contributed by atoms with E-state index in [1.54, 1.807) is 6.07 Å². The van der Waals surface area contributed by atoms with Crippen LogP contribution in [0.3, 0.4) is 0 Å². The van der Waals surface area contributed by atoms with Crippen molar-refractivity contribution in [3.8, 4) is 0 Å². The number of carbonyl (C=O) groups is 1. The van der Waals surface area contributed by atoms with Gasteiger partial charge in [0.1, 0.15) is 0 Å². The smallest absolute Gasteiger partial charge is 0.291 e. The highest BCUT2D eigenvalue weighted by Gasteiger charge is 2.12. The van der Waals surface area contributed by atoms with Gasteiger partial charge in [-0.3, -0.25) is 15.6 Å². The van der Waals surface area contributed by atoms with Crippen molar-refractivity contribution in [1.82, 2.24) is 15.0 Å². The summed E-state index contributed by atoms with van der Waals surface area (Å²) < 4.78 is 23.8. The number of anilines is 2. The number of carbonyl (C=O) groups excluding carboxylic acids is 1. The molecular formula is C13H11N5O3S2. The number of hydrogen-bond donors (Lipinski definition) is 2. The molecule has 3 aromatic rings. The highest BCUT2D eigenvalue weighted by Crippen LogP contribution is 2.28. The topological polar surface area (TPSA) is 114 Å². The maximum atomic E-state index is 11.9. The normalized spacial score (nSPS) is 11.3. The average Bonchev–Trinajstić information content (AvgIpc) is 2.88. The van der Waals surface area contributed by atoms with E-state index < -0.39 is 15.9 Å². The summed E-state index contributed by atoms with van der Waals surface area (Å²) in [6.07, 6.45) is 5.51. The van der Waals surface area contributed by atoms with Crippen molar-refractivity contribution in [2.45, 2.75) is 4.90 Å². The van der Waals surface area contributed by atoms with Crippen molar-refractivity contribution in [2.24, 2.45) is 0 Å². The minimum Gasteiger partial charge on any atom is -0.291 e. The standard InChI is InChI=1S/C13H11N5O3S2/c1-23(20,21)8-2-3-9-10(6-8)22-13(16-9)18-12(19)17-11-7-14-4-5-15-11/h2-7H,1H3,(H2,15,16,17,18,19). The van der Waals surface area contributed by atoms with E-state index in [4.69, 9.17) is 0 Å². The van der Waals surface area contributed by atoms with Crippen molar-refractivity contribution < 1.29 is 13.2 Å². The van der Waals surface area contributed by atoms with E-state index in [0.717, 1.165) is 6.26 Å². The number of rotatable bonds is 3. The van der Waals surface area contributed by atoms with Crippen LogP contribution in [0.15, 0.2) is 41.7 Å². The largest absolute Gasteiger partial charge is 0.326 e. The van der Waals surface area contributed by atoms with Crippen LogP contribution in [0.5, 0.6) is 0 Å². The van der Waals surface area contributed by atoms with Gasteiger partial charge < -0.3 is 0 Å². The zero-order valence-corrected chi connectivity index (χ0v) is 13.5. The first kappa shape index (κ1) is 15.3. The van der Waals surface area contributed by atoms with Crippen LogP contribution in [0.4, 0.5) is 15.7 Å². The maximum absolute atomic E-state index is 11.9. The molecule has 0 unspecified atom stereocenters. The quantitative estimate of drug-likeness (QED) is 0.749. The van der Waals surface area contributed by atoms with Gasteiger partial charge in [-0.05, 0) is 18.2 Å². The number of fused-ring (bicyclic) bond motifs is 1. The molecule has 3 rings (SSSR count). The molecule has 0 aliphatic carbocycles. The molecule has 2 heterocycles. The number of nitrogens with one attached hydrogen (secondary N) is 2. The van der Waals surface area contributed by atoms with Gasteiger partial charge in [0.2, 0.25) is 0 Å². The van der Waals surface area contributed by atoms with Gasteiger partial charge in [0, 0.05) is 18.6 Å². The van der Waals surface area contributed by atoms with Crippen molar-refractivity contribution in [1.29, 1.82) is 0 Å². The number of hydrogen-bond acceptors (Lipinski definition) is 7. The van der Waals surface area contributed by atoms with Crippen LogP contribution in [-0.2, 0) is 9.84 Å². The van der Waals surface area contributed by atoms with Crippen molar-refractivity contribution >= 4 is 48.4 Å². The maximum Gasteiger partial charge on any atom is 0.326 e. The fraction of sp³-hybridized carbons (Fsp3) is 0.0769. The van der Waals surface area contributed by atoms with Crippen LogP contribution in [-0.4, -0.2) is 35.7 Å². The molecule has 0 atom stereocenters.